The van der Waals surface area contributed by atoms with Gasteiger partial charge in [0.1, 0.15) is 5.60 Å². The molecular weight excluding hydrogens is 292 g/mol. The van der Waals surface area contributed by atoms with Crippen molar-refractivity contribution >= 4 is 0 Å². The van der Waals surface area contributed by atoms with Crippen molar-refractivity contribution < 1.29 is 9.84 Å². The molecule has 2 N–H and O–H groups in total. The molecular formula is C17H28N4O2. The molecule has 1 aromatic heterocycles. The van der Waals surface area contributed by atoms with Crippen LogP contribution in [-0.2, 0) is 11.2 Å². The van der Waals surface area contributed by atoms with Gasteiger partial charge in [-0.2, -0.15) is 0 Å². The molecule has 2 fully saturated rings. The Balaban J connectivity index is 1.39. The second-order valence-corrected chi connectivity index (χ2v) is 6.64. The van der Waals surface area contributed by atoms with Gasteiger partial charge in [0.15, 0.2) is 0 Å². The number of rotatable bonds is 5. The molecule has 3 heterocycles. The molecule has 1 aromatic rings. The van der Waals surface area contributed by atoms with E-state index >= 15 is 0 Å². The summed E-state index contributed by atoms with van der Waals surface area (Å²) in [4.78, 5) is 9.22. The van der Waals surface area contributed by atoms with E-state index in [9.17, 15) is 5.11 Å². The summed E-state index contributed by atoms with van der Waals surface area (Å²) in [5.74, 6) is 0. The summed E-state index contributed by atoms with van der Waals surface area (Å²) in [5, 5.41) is 13.9. The number of ether oxygens (including phenoxy) is 1. The van der Waals surface area contributed by atoms with Crippen molar-refractivity contribution in [2.45, 2.75) is 12.0 Å². The van der Waals surface area contributed by atoms with Gasteiger partial charge in [-0.1, -0.05) is 6.07 Å². The molecule has 2 aliphatic rings. The number of aliphatic hydroxyl groups is 1. The predicted octanol–water partition coefficient (Wildman–Crippen LogP) is -0.407. The van der Waals surface area contributed by atoms with Crippen LogP contribution in [0.15, 0.2) is 24.4 Å². The van der Waals surface area contributed by atoms with Gasteiger partial charge in [0, 0.05) is 70.7 Å². The maximum atomic E-state index is 10.7. The first-order chi connectivity index (χ1) is 11.2. The molecule has 6 nitrogen and oxygen atoms in total. The van der Waals surface area contributed by atoms with E-state index in [1.807, 2.05) is 18.3 Å². The second-order valence-electron chi connectivity index (χ2n) is 6.64. The smallest absolute Gasteiger partial charge is 0.113 e. The Labute approximate surface area is 138 Å². The molecule has 2 aliphatic heterocycles. The molecule has 0 bridgehead atoms. The molecule has 6 heteroatoms. The minimum atomic E-state index is -0.757. The fourth-order valence-electron chi connectivity index (χ4n) is 3.29. The third kappa shape index (κ3) is 5.22. The maximum absolute atomic E-state index is 10.7. The summed E-state index contributed by atoms with van der Waals surface area (Å²) in [5.41, 5.74) is 0.401. The lowest BCUT2D eigenvalue weighted by atomic mass is 10.0. The van der Waals surface area contributed by atoms with Gasteiger partial charge in [0.05, 0.1) is 13.2 Å². The Morgan fingerprint density at radius 3 is 2.83 bits per heavy atom. The largest absolute Gasteiger partial charge is 0.385 e. The third-order valence-corrected chi connectivity index (χ3v) is 4.64. The van der Waals surface area contributed by atoms with Crippen molar-refractivity contribution in [2.24, 2.45) is 0 Å². The Morgan fingerprint density at radius 2 is 2.04 bits per heavy atom. The molecule has 0 radical (unpaired) electrons. The van der Waals surface area contributed by atoms with Gasteiger partial charge in [-0.15, -0.1) is 0 Å². The zero-order chi connectivity index (χ0) is 16.0. The number of β-amino-alcohol motifs (C(OH)–C–C–N with tert-alkyl or cyclic N) is 1. The number of hydrogen-bond donors (Lipinski definition) is 2. The fraction of sp³-hybridized carbons (Fsp3) is 0.706. The molecule has 3 rings (SSSR count). The lowest BCUT2D eigenvalue weighted by Crippen LogP contribution is -2.56. The minimum Gasteiger partial charge on any atom is -0.385 e. The summed E-state index contributed by atoms with van der Waals surface area (Å²) in [6, 6.07) is 6.09. The molecule has 1 atom stereocenters. The van der Waals surface area contributed by atoms with Crippen LogP contribution >= 0.6 is 0 Å². The van der Waals surface area contributed by atoms with Gasteiger partial charge in [-0.3, -0.25) is 9.88 Å². The van der Waals surface area contributed by atoms with Gasteiger partial charge in [0.25, 0.3) is 0 Å². The Morgan fingerprint density at radius 1 is 1.22 bits per heavy atom. The summed E-state index contributed by atoms with van der Waals surface area (Å²) in [7, 11) is 0. The number of piperazine rings is 1. The Bertz CT molecular complexity index is 455. The summed E-state index contributed by atoms with van der Waals surface area (Å²) >= 11 is 0. The molecule has 0 aliphatic carbocycles. The van der Waals surface area contributed by atoms with E-state index in [-0.39, 0.29) is 0 Å². The number of hydrogen-bond acceptors (Lipinski definition) is 6. The normalized spacial score (nSPS) is 27.7. The van der Waals surface area contributed by atoms with Crippen molar-refractivity contribution in [3.05, 3.63) is 30.1 Å². The van der Waals surface area contributed by atoms with Crippen molar-refractivity contribution in [3.8, 4) is 0 Å². The van der Waals surface area contributed by atoms with Crippen molar-refractivity contribution in [2.75, 3.05) is 65.6 Å². The van der Waals surface area contributed by atoms with Crippen LogP contribution in [0.5, 0.6) is 0 Å². The number of nitrogens with zero attached hydrogens (tertiary/aromatic N) is 3. The summed E-state index contributed by atoms with van der Waals surface area (Å²) in [6.45, 7) is 8.41. The van der Waals surface area contributed by atoms with E-state index in [1.165, 1.54) is 0 Å². The van der Waals surface area contributed by atoms with Crippen LogP contribution < -0.4 is 5.32 Å². The van der Waals surface area contributed by atoms with Crippen LogP contribution in [0.3, 0.4) is 0 Å². The average molecular weight is 320 g/mol. The standard InChI is InChI=1S/C17H28N4O2/c22-17(13-18-6-12-23-15-17)14-21-10-8-20(9-11-21)7-4-16-3-1-2-5-19-16/h1-3,5,18,22H,4,6-15H2. The molecule has 0 amide bonds. The molecule has 23 heavy (non-hydrogen) atoms. The highest BCUT2D eigenvalue weighted by molar-refractivity contribution is 5.03. The molecule has 1 unspecified atom stereocenters. The van der Waals surface area contributed by atoms with E-state index in [2.05, 4.69) is 26.2 Å². The zero-order valence-corrected chi connectivity index (χ0v) is 13.8. The van der Waals surface area contributed by atoms with E-state index in [0.717, 1.165) is 51.4 Å². The number of nitrogens with one attached hydrogen (secondary N) is 1. The maximum Gasteiger partial charge on any atom is 0.113 e. The number of pyridine rings is 1. The lowest BCUT2D eigenvalue weighted by molar-refractivity contribution is -0.0550. The quantitative estimate of drug-likeness (QED) is 0.769. The first-order valence-electron chi connectivity index (χ1n) is 8.59. The minimum absolute atomic E-state index is 0.430. The zero-order valence-electron chi connectivity index (χ0n) is 13.8. The van der Waals surface area contributed by atoms with Crippen LogP contribution in [0.2, 0.25) is 0 Å². The predicted molar refractivity (Wildman–Crippen MR) is 89.5 cm³/mol. The van der Waals surface area contributed by atoms with Crippen LogP contribution in [0.1, 0.15) is 5.69 Å². The van der Waals surface area contributed by atoms with Crippen LogP contribution in [0.25, 0.3) is 0 Å². The highest BCUT2D eigenvalue weighted by atomic mass is 16.5. The molecule has 0 aromatic carbocycles. The second kappa shape index (κ2) is 8.17. The monoisotopic (exact) mass is 320 g/mol. The average Bonchev–Trinajstić information content (AvgIpc) is 2.80. The summed E-state index contributed by atoms with van der Waals surface area (Å²) < 4.78 is 5.50. The molecule has 0 spiro atoms. The van der Waals surface area contributed by atoms with E-state index in [0.29, 0.717) is 26.3 Å². The van der Waals surface area contributed by atoms with E-state index < -0.39 is 5.60 Å². The topological polar surface area (TPSA) is 60.9 Å². The molecule has 128 valence electrons. The number of aromatic nitrogens is 1. The fourth-order valence-corrected chi connectivity index (χ4v) is 3.29. The van der Waals surface area contributed by atoms with Crippen molar-refractivity contribution in [3.63, 3.8) is 0 Å². The van der Waals surface area contributed by atoms with Crippen molar-refractivity contribution in [1.82, 2.24) is 20.1 Å². The van der Waals surface area contributed by atoms with Gasteiger partial charge >= 0.3 is 0 Å². The highest BCUT2D eigenvalue weighted by Crippen LogP contribution is 2.12. The van der Waals surface area contributed by atoms with Crippen LogP contribution in [0.4, 0.5) is 0 Å². The van der Waals surface area contributed by atoms with Gasteiger partial charge < -0.3 is 20.1 Å². The molecule has 0 saturated carbocycles. The Hall–Kier alpha value is -1.05. The van der Waals surface area contributed by atoms with Gasteiger partial charge in [-0.25, -0.2) is 0 Å². The Kier molecular flexibility index (Phi) is 5.96. The highest BCUT2D eigenvalue weighted by Gasteiger charge is 2.32. The van der Waals surface area contributed by atoms with Gasteiger partial charge in [-0.05, 0) is 12.1 Å². The SMILES string of the molecule is OC1(CN2CCN(CCc3ccccn3)CC2)CNCCOC1. The first-order valence-corrected chi connectivity index (χ1v) is 8.59. The third-order valence-electron chi connectivity index (χ3n) is 4.64. The molecule has 2 saturated heterocycles. The summed E-state index contributed by atoms with van der Waals surface area (Å²) in [6.07, 6.45) is 2.86. The first kappa shape index (κ1) is 16.8. The van der Waals surface area contributed by atoms with Crippen LogP contribution in [0, 0.1) is 0 Å². The van der Waals surface area contributed by atoms with E-state index in [4.69, 9.17) is 4.74 Å². The van der Waals surface area contributed by atoms with Crippen LogP contribution in [-0.4, -0.2) is 91.1 Å². The lowest BCUT2D eigenvalue weighted by Gasteiger charge is -2.39. The van der Waals surface area contributed by atoms with E-state index in [1.54, 1.807) is 0 Å². The van der Waals surface area contributed by atoms with Gasteiger partial charge in [0.2, 0.25) is 0 Å². The van der Waals surface area contributed by atoms with Crippen molar-refractivity contribution in [1.29, 1.82) is 0 Å².